The third-order valence-electron chi connectivity index (χ3n) is 4.16. The minimum absolute atomic E-state index is 0.00391. The van der Waals surface area contributed by atoms with Crippen LogP contribution in [-0.2, 0) is 10.0 Å². The molecular weight excluding hydrogens is 378 g/mol. The minimum atomic E-state index is -3.80. The van der Waals surface area contributed by atoms with Gasteiger partial charge in [0.2, 0.25) is 15.9 Å². The molecular formula is C20H17N3O4S. The molecule has 3 rings (SSSR count). The Morgan fingerprint density at radius 1 is 0.964 bits per heavy atom. The summed E-state index contributed by atoms with van der Waals surface area (Å²) in [6, 6.07) is 17.1. The average molecular weight is 395 g/mol. The SMILES string of the molecule is COc1ccc(-c2nc(OC)c(C#N)cc2-c2ccc(S(N)(=O)=O)cc2)cc1. The Kier molecular flexibility index (Phi) is 5.31. The fourth-order valence-electron chi connectivity index (χ4n) is 2.75. The van der Waals surface area contributed by atoms with Gasteiger partial charge in [0.1, 0.15) is 17.4 Å². The molecule has 1 aromatic heterocycles. The summed E-state index contributed by atoms with van der Waals surface area (Å²) in [5.41, 5.74) is 2.98. The van der Waals surface area contributed by atoms with Gasteiger partial charge in [-0.25, -0.2) is 18.5 Å². The van der Waals surface area contributed by atoms with Crippen molar-refractivity contribution in [1.82, 2.24) is 4.98 Å². The van der Waals surface area contributed by atoms with Crippen LogP contribution in [0.15, 0.2) is 59.5 Å². The van der Waals surface area contributed by atoms with E-state index >= 15 is 0 Å². The van der Waals surface area contributed by atoms with E-state index in [0.717, 1.165) is 5.56 Å². The van der Waals surface area contributed by atoms with Crippen LogP contribution in [0.2, 0.25) is 0 Å². The van der Waals surface area contributed by atoms with Gasteiger partial charge in [0.05, 0.1) is 24.8 Å². The molecule has 0 aliphatic heterocycles. The number of nitriles is 1. The first-order valence-corrected chi connectivity index (χ1v) is 9.69. The summed E-state index contributed by atoms with van der Waals surface area (Å²) >= 11 is 0. The van der Waals surface area contributed by atoms with Crippen molar-refractivity contribution in [1.29, 1.82) is 5.26 Å². The summed E-state index contributed by atoms with van der Waals surface area (Å²) < 4.78 is 33.4. The highest BCUT2D eigenvalue weighted by Gasteiger charge is 2.16. The van der Waals surface area contributed by atoms with Gasteiger partial charge in [-0.3, -0.25) is 0 Å². The van der Waals surface area contributed by atoms with Crippen molar-refractivity contribution in [2.24, 2.45) is 5.14 Å². The lowest BCUT2D eigenvalue weighted by Gasteiger charge is -2.13. The van der Waals surface area contributed by atoms with Gasteiger partial charge in [-0.15, -0.1) is 0 Å². The summed E-state index contributed by atoms with van der Waals surface area (Å²) in [5.74, 6) is 0.904. The van der Waals surface area contributed by atoms with Crippen molar-refractivity contribution in [3.8, 4) is 40.1 Å². The second-order valence-corrected chi connectivity index (χ2v) is 7.41. The van der Waals surface area contributed by atoms with Gasteiger partial charge in [0.15, 0.2) is 0 Å². The molecule has 0 amide bonds. The number of hydrogen-bond donors (Lipinski definition) is 1. The number of hydrogen-bond acceptors (Lipinski definition) is 6. The van der Waals surface area contributed by atoms with Crippen molar-refractivity contribution >= 4 is 10.0 Å². The van der Waals surface area contributed by atoms with Crippen molar-refractivity contribution in [3.63, 3.8) is 0 Å². The van der Waals surface area contributed by atoms with E-state index in [0.29, 0.717) is 22.6 Å². The van der Waals surface area contributed by atoms with Gasteiger partial charge >= 0.3 is 0 Å². The molecule has 3 aromatic rings. The maximum absolute atomic E-state index is 11.5. The Morgan fingerprint density at radius 2 is 1.57 bits per heavy atom. The summed E-state index contributed by atoms with van der Waals surface area (Å²) in [7, 11) is -0.771. The van der Waals surface area contributed by atoms with E-state index in [-0.39, 0.29) is 16.3 Å². The van der Waals surface area contributed by atoms with Crippen LogP contribution in [0.25, 0.3) is 22.4 Å². The Hall–Kier alpha value is -3.41. The maximum Gasteiger partial charge on any atom is 0.238 e. The van der Waals surface area contributed by atoms with E-state index in [2.05, 4.69) is 11.1 Å². The van der Waals surface area contributed by atoms with E-state index in [1.807, 2.05) is 12.1 Å². The normalized spacial score (nSPS) is 10.9. The molecule has 0 spiro atoms. The number of nitrogens with two attached hydrogens (primary N) is 1. The topological polar surface area (TPSA) is 115 Å². The van der Waals surface area contributed by atoms with E-state index in [4.69, 9.17) is 14.6 Å². The van der Waals surface area contributed by atoms with Crippen LogP contribution in [0.3, 0.4) is 0 Å². The zero-order valence-electron chi connectivity index (χ0n) is 15.2. The van der Waals surface area contributed by atoms with E-state index in [1.165, 1.54) is 19.2 Å². The van der Waals surface area contributed by atoms with Crippen LogP contribution in [-0.4, -0.2) is 27.6 Å². The number of sulfonamides is 1. The van der Waals surface area contributed by atoms with Gasteiger partial charge in [0, 0.05) is 11.1 Å². The number of aromatic nitrogens is 1. The molecule has 28 heavy (non-hydrogen) atoms. The molecule has 0 saturated heterocycles. The van der Waals surface area contributed by atoms with Crippen LogP contribution in [0, 0.1) is 11.3 Å². The molecule has 8 heteroatoms. The Balaban J connectivity index is 2.22. The van der Waals surface area contributed by atoms with Crippen LogP contribution in [0.4, 0.5) is 0 Å². The molecule has 0 saturated carbocycles. The third kappa shape index (κ3) is 3.81. The molecule has 7 nitrogen and oxygen atoms in total. The zero-order valence-corrected chi connectivity index (χ0v) is 16.0. The highest BCUT2D eigenvalue weighted by molar-refractivity contribution is 7.89. The van der Waals surface area contributed by atoms with E-state index < -0.39 is 10.0 Å². The van der Waals surface area contributed by atoms with Crippen molar-refractivity contribution in [2.75, 3.05) is 14.2 Å². The highest BCUT2D eigenvalue weighted by atomic mass is 32.2. The molecule has 0 radical (unpaired) electrons. The third-order valence-corrected chi connectivity index (χ3v) is 5.09. The first-order valence-electron chi connectivity index (χ1n) is 8.14. The Morgan fingerprint density at radius 3 is 2.07 bits per heavy atom. The van der Waals surface area contributed by atoms with Crippen LogP contribution >= 0.6 is 0 Å². The molecule has 0 bridgehead atoms. The highest BCUT2D eigenvalue weighted by Crippen LogP contribution is 2.35. The summed E-state index contributed by atoms with van der Waals surface area (Å²) in [4.78, 5) is 4.51. The number of nitrogens with zero attached hydrogens (tertiary/aromatic N) is 2. The maximum atomic E-state index is 11.5. The Labute approximate surface area is 163 Å². The predicted molar refractivity (Wildman–Crippen MR) is 104 cm³/mol. The fraction of sp³-hybridized carbons (Fsp3) is 0.100. The molecule has 142 valence electrons. The van der Waals surface area contributed by atoms with Crippen molar-refractivity contribution < 1.29 is 17.9 Å². The number of primary sulfonamides is 1. The Bertz CT molecular complexity index is 1150. The summed E-state index contributed by atoms with van der Waals surface area (Å²) in [6.45, 7) is 0. The quantitative estimate of drug-likeness (QED) is 0.710. The average Bonchev–Trinajstić information content (AvgIpc) is 2.72. The van der Waals surface area contributed by atoms with Crippen LogP contribution in [0.1, 0.15) is 5.56 Å². The number of benzene rings is 2. The molecule has 0 aliphatic rings. The predicted octanol–water partition coefficient (Wildman–Crippen LogP) is 2.95. The molecule has 2 aromatic carbocycles. The van der Waals surface area contributed by atoms with E-state index in [9.17, 15) is 13.7 Å². The van der Waals surface area contributed by atoms with Gasteiger partial charge in [-0.05, 0) is 48.0 Å². The standard InChI is InChI=1S/C20H17N3O4S/c1-26-16-7-3-14(4-8-16)19-18(11-15(12-21)20(23-19)27-2)13-5-9-17(10-6-13)28(22,24)25/h3-11H,1-2H3,(H2,22,24,25). The molecule has 0 atom stereocenters. The minimum Gasteiger partial charge on any atom is -0.497 e. The lowest BCUT2D eigenvalue weighted by atomic mass is 9.98. The van der Waals surface area contributed by atoms with Crippen molar-refractivity contribution in [2.45, 2.75) is 4.90 Å². The molecule has 1 heterocycles. The largest absolute Gasteiger partial charge is 0.497 e. The first-order chi connectivity index (χ1) is 13.4. The lowest BCUT2D eigenvalue weighted by molar-refractivity contribution is 0.397. The first kappa shape index (κ1) is 19.4. The number of pyridine rings is 1. The molecule has 0 fully saturated rings. The van der Waals surface area contributed by atoms with Crippen LogP contribution < -0.4 is 14.6 Å². The van der Waals surface area contributed by atoms with Crippen molar-refractivity contribution in [3.05, 3.63) is 60.2 Å². The number of ether oxygens (including phenoxy) is 2. The fourth-order valence-corrected chi connectivity index (χ4v) is 3.26. The number of methoxy groups -OCH3 is 2. The number of rotatable bonds is 5. The monoisotopic (exact) mass is 395 g/mol. The molecule has 0 unspecified atom stereocenters. The van der Waals surface area contributed by atoms with Gasteiger partial charge < -0.3 is 9.47 Å². The second kappa shape index (κ2) is 7.68. The van der Waals surface area contributed by atoms with Gasteiger partial charge in [0.25, 0.3) is 0 Å². The van der Waals surface area contributed by atoms with Crippen LogP contribution in [0.5, 0.6) is 11.6 Å². The summed E-state index contributed by atoms with van der Waals surface area (Å²) in [6.07, 6.45) is 0. The second-order valence-electron chi connectivity index (χ2n) is 5.85. The lowest BCUT2D eigenvalue weighted by Crippen LogP contribution is -2.11. The van der Waals surface area contributed by atoms with Gasteiger partial charge in [-0.2, -0.15) is 5.26 Å². The smallest absolute Gasteiger partial charge is 0.238 e. The molecule has 2 N–H and O–H groups in total. The zero-order chi connectivity index (χ0) is 20.3. The summed E-state index contributed by atoms with van der Waals surface area (Å²) in [5, 5.41) is 14.6. The molecule has 0 aliphatic carbocycles. The van der Waals surface area contributed by atoms with E-state index in [1.54, 1.807) is 37.4 Å². The van der Waals surface area contributed by atoms with Gasteiger partial charge in [-0.1, -0.05) is 12.1 Å².